The van der Waals surface area contributed by atoms with E-state index in [1.807, 2.05) is 30.3 Å². The fraction of sp³-hybridized carbons (Fsp3) is 0.348. The van der Waals surface area contributed by atoms with E-state index in [0.717, 1.165) is 24.9 Å². The lowest BCUT2D eigenvalue weighted by atomic mass is 9.96. The highest BCUT2D eigenvalue weighted by molar-refractivity contribution is 5.95. The summed E-state index contributed by atoms with van der Waals surface area (Å²) in [6.07, 6.45) is 1.70. The van der Waals surface area contributed by atoms with Crippen LogP contribution >= 0.6 is 24.8 Å². The second-order valence-corrected chi connectivity index (χ2v) is 7.81. The molecule has 6 N–H and O–H groups in total. The maximum atomic E-state index is 12.5. The Morgan fingerprint density at radius 3 is 2.38 bits per heavy atom. The Kier molecular flexibility index (Phi) is 11.2. The SMILES string of the molecule is C[C@H](NC(=O)[C@H]1C[C@H](Cc2ccccc2)CN1)C(=O)NCc1ccc(C(=N)N)cc1.Cl.Cl. The van der Waals surface area contributed by atoms with Crippen LogP contribution < -0.4 is 21.7 Å². The topological polar surface area (TPSA) is 120 Å². The second-order valence-electron chi connectivity index (χ2n) is 7.81. The van der Waals surface area contributed by atoms with Crippen molar-refractivity contribution in [1.82, 2.24) is 16.0 Å². The van der Waals surface area contributed by atoms with Crippen LogP contribution in [0.1, 0.15) is 30.0 Å². The molecule has 2 aromatic rings. The largest absolute Gasteiger partial charge is 0.384 e. The lowest BCUT2D eigenvalue weighted by Gasteiger charge is -2.17. The molecule has 1 fully saturated rings. The molecule has 2 amide bonds. The van der Waals surface area contributed by atoms with Gasteiger partial charge in [-0.2, -0.15) is 0 Å². The van der Waals surface area contributed by atoms with Gasteiger partial charge < -0.3 is 21.7 Å². The Morgan fingerprint density at radius 1 is 1.09 bits per heavy atom. The van der Waals surface area contributed by atoms with Crippen molar-refractivity contribution in [3.05, 3.63) is 71.3 Å². The van der Waals surface area contributed by atoms with Gasteiger partial charge in [-0.15, -0.1) is 24.8 Å². The zero-order valence-electron chi connectivity index (χ0n) is 18.0. The lowest BCUT2D eigenvalue weighted by molar-refractivity contribution is -0.129. The Balaban J connectivity index is 0.00000256. The molecule has 1 aliphatic rings. The highest BCUT2D eigenvalue weighted by atomic mass is 35.5. The third-order valence-electron chi connectivity index (χ3n) is 5.39. The number of benzene rings is 2. The normalized spacial score (nSPS) is 17.9. The lowest BCUT2D eigenvalue weighted by Crippen LogP contribution is -2.49. The smallest absolute Gasteiger partial charge is 0.242 e. The molecule has 0 aliphatic carbocycles. The Labute approximate surface area is 201 Å². The zero-order valence-corrected chi connectivity index (χ0v) is 19.6. The molecule has 3 atom stereocenters. The summed E-state index contributed by atoms with van der Waals surface area (Å²) in [4.78, 5) is 24.9. The van der Waals surface area contributed by atoms with Crippen LogP contribution in [-0.4, -0.2) is 36.3 Å². The summed E-state index contributed by atoms with van der Waals surface area (Å²) >= 11 is 0. The molecule has 1 aliphatic heterocycles. The van der Waals surface area contributed by atoms with Crippen LogP contribution in [0.4, 0.5) is 0 Å². The van der Waals surface area contributed by atoms with E-state index in [2.05, 4.69) is 28.1 Å². The highest BCUT2D eigenvalue weighted by Gasteiger charge is 2.30. The van der Waals surface area contributed by atoms with Crippen LogP contribution in [-0.2, 0) is 22.6 Å². The van der Waals surface area contributed by atoms with Gasteiger partial charge in [0, 0.05) is 12.1 Å². The Hall–Kier alpha value is -2.61. The number of rotatable bonds is 8. The molecule has 0 spiro atoms. The van der Waals surface area contributed by atoms with Crippen LogP contribution in [0.25, 0.3) is 0 Å². The molecule has 0 aromatic heterocycles. The monoisotopic (exact) mass is 479 g/mol. The van der Waals surface area contributed by atoms with Gasteiger partial charge in [-0.1, -0.05) is 54.6 Å². The number of carbonyl (C=O) groups excluding carboxylic acids is 2. The van der Waals surface area contributed by atoms with Gasteiger partial charge in [-0.3, -0.25) is 15.0 Å². The van der Waals surface area contributed by atoms with Gasteiger partial charge in [0.1, 0.15) is 11.9 Å². The minimum Gasteiger partial charge on any atom is -0.384 e. The molecular formula is C23H31Cl2N5O2. The summed E-state index contributed by atoms with van der Waals surface area (Å²) in [6, 6.07) is 16.5. The maximum Gasteiger partial charge on any atom is 0.242 e. The van der Waals surface area contributed by atoms with Crippen molar-refractivity contribution in [2.45, 2.75) is 38.4 Å². The number of nitrogen functional groups attached to an aromatic ring is 1. The molecular weight excluding hydrogens is 449 g/mol. The summed E-state index contributed by atoms with van der Waals surface area (Å²) in [5, 5.41) is 16.3. The van der Waals surface area contributed by atoms with Crippen molar-refractivity contribution in [1.29, 1.82) is 5.41 Å². The third kappa shape index (κ3) is 7.82. The standard InChI is InChI=1S/C23H29N5O2.2ClH/c1-15(22(29)27-13-17-7-9-19(10-8-17)21(24)25)28-23(30)20-12-18(14-26-20)11-16-5-3-2-4-6-16;;/h2-10,15,18,20,26H,11-14H2,1H3,(H3,24,25)(H,27,29)(H,28,30);2*1H/t15-,18-,20+;;/m0../s1. The van der Waals surface area contributed by atoms with Crippen LogP contribution in [0.15, 0.2) is 54.6 Å². The fourth-order valence-electron chi connectivity index (χ4n) is 3.64. The van der Waals surface area contributed by atoms with E-state index in [1.165, 1.54) is 5.56 Å². The van der Waals surface area contributed by atoms with Crippen molar-refractivity contribution in [3.8, 4) is 0 Å². The van der Waals surface area contributed by atoms with Crippen molar-refractivity contribution in [2.75, 3.05) is 6.54 Å². The maximum absolute atomic E-state index is 12.5. The van der Waals surface area contributed by atoms with Gasteiger partial charge in [0.25, 0.3) is 0 Å². The van der Waals surface area contributed by atoms with E-state index in [9.17, 15) is 9.59 Å². The average molecular weight is 480 g/mol. The molecule has 0 saturated carbocycles. The third-order valence-corrected chi connectivity index (χ3v) is 5.39. The molecule has 7 nitrogen and oxygen atoms in total. The number of halogens is 2. The van der Waals surface area contributed by atoms with Gasteiger partial charge in [0.15, 0.2) is 0 Å². The van der Waals surface area contributed by atoms with Crippen molar-refractivity contribution in [3.63, 3.8) is 0 Å². The van der Waals surface area contributed by atoms with Gasteiger partial charge >= 0.3 is 0 Å². The number of nitrogens with two attached hydrogens (primary N) is 1. The number of hydrogen-bond donors (Lipinski definition) is 5. The second kappa shape index (κ2) is 13.1. The van der Waals surface area contributed by atoms with Gasteiger partial charge in [0.05, 0.1) is 6.04 Å². The molecule has 9 heteroatoms. The summed E-state index contributed by atoms with van der Waals surface area (Å²) in [7, 11) is 0. The first kappa shape index (κ1) is 27.4. The molecule has 0 radical (unpaired) electrons. The fourth-order valence-corrected chi connectivity index (χ4v) is 3.64. The number of nitrogens with one attached hydrogen (secondary N) is 4. The van der Waals surface area contributed by atoms with Gasteiger partial charge in [-0.05, 0) is 43.4 Å². The highest BCUT2D eigenvalue weighted by Crippen LogP contribution is 2.19. The van der Waals surface area contributed by atoms with E-state index < -0.39 is 6.04 Å². The van der Waals surface area contributed by atoms with Crippen LogP contribution in [0.2, 0.25) is 0 Å². The molecule has 0 bridgehead atoms. The number of carbonyl (C=O) groups is 2. The van der Waals surface area contributed by atoms with Gasteiger partial charge in [-0.25, -0.2) is 0 Å². The predicted molar refractivity (Wildman–Crippen MR) is 131 cm³/mol. The van der Waals surface area contributed by atoms with Crippen LogP contribution in [0.3, 0.4) is 0 Å². The minimum absolute atomic E-state index is 0. The summed E-state index contributed by atoms with van der Waals surface area (Å²) in [6.45, 7) is 2.82. The minimum atomic E-state index is -0.621. The summed E-state index contributed by atoms with van der Waals surface area (Å²) in [5.74, 6) is 0.0376. The van der Waals surface area contributed by atoms with Crippen LogP contribution in [0, 0.1) is 11.3 Å². The van der Waals surface area contributed by atoms with E-state index in [0.29, 0.717) is 18.0 Å². The number of amidine groups is 1. The molecule has 174 valence electrons. The average Bonchev–Trinajstić information content (AvgIpc) is 3.21. The first-order valence-electron chi connectivity index (χ1n) is 10.2. The number of amides is 2. The zero-order chi connectivity index (χ0) is 21.5. The van der Waals surface area contributed by atoms with Crippen LogP contribution in [0.5, 0.6) is 0 Å². The van der Waals surface area contributed by atoms with E-state index in [4.69, 9.17) is 11.1 Å². The predicted octanol–water partition coefficient (Wildman–Crippen LogP) is 2.16. The summed E-state index contributed by atoms with van der Waals surface area (Å²) < 4.78 is 0. The van der Waals surface area contributed by atoms with Gasteiger partial charge in [0.2, 0.25) is 11.8 Å². The molecule has 0 unspecified atom stereocenters. The van der Waals surface area contributed by atoms with Crippen molar-refractivity contribution < 1.29 is 9.59 Å². The quantitative estimate of drug-likeness (QED) is 0.294. The van der Waals surface area contributed by atoms with E-state index in [-0.39, 0.29) is 48.5 Å². The van der Waals surface area contributed by atoms with E-state index in [1.54, 1.807) is 19.1 Å². The molecule has 32 heavy (non-hydrogen) atoms. The Morgan fingerprint density at radius 2 is 1.75 bits per heavy atom. The molecule has 1 heterocycles. The molecule has 1 saturated heterocycles. The molecule has 2 aromatic carbocycles. The van der Waals surface area contributed by atoms with E-state index >= 15 is 0 Å². The number of hydrogen-bond acceptors (Lipinski definition) is 4. The van der Waals surface area contributed by atoms with Crippen molar-refractivity contribution >= 4 is 42.5 Å². The first-order chi connectivity index (χ1) is 14.4. The Bertz CT molecular complexity index is 893. The van der Waals surface area contributed by atoms with Crippen molar-refractivity contribution in [2.24, 2.45) is 11.7 Å². The first-order valence-corrected chi connectivity index (χ1v) is 10.2. The summed E-state index contributed by atoms with van der Waals surface area (Å²) in [5.41, 5.74) is 8.25. The molecule has 3 rings (SSSR count).